The molecule has 1 N–H and O–H groups in total. The largest absolute Gasteiger partial charge is 0.444 e. The fourth-order valence-corrected chi connectivity index (χ4v) is 3.33. The molecule has 150 valence electrons. The number of nitrogens with zero attached hydrogens (tertiary/aromatic N) is 2. The number of hydrogen-bond donors (Lipinski definition) is 1. The first kappa shape index (κ1) is 19.9. The van der Waals surface area contributed by atoms with Gasteiger partial charge in [-0.3, -0.25) is 19.4 Å². The van der Waals surface area contributed by atoms with Crippen LogP contribution in [0.2, 0.25) is 0 Å². The molecule has 1 aromatic carbocycles. The number of ether oxygens (including phenoxy) is 1. The number of amides is 3. The molecule has 0 spiro atoms. The molecule has 2 heterocycles. The molecular formula is C21H27N3O4. The minimum absolute atomic E-state index is 0.0539. The maximum atomic E-state index is 12.7. The van der Waals surface area contributed by atoms with Crippen molar-refractivity contribution >= 4 is 29.3 Å². The predicted molar refractivity (Wildman–Crippen MR) is 107 cm³/mol. The van der Waals surface area contributed by atoms with E-state index in [1.54, 1.807) is 56.1 Å². The highest BCUT2D eigenvalue weighted by Gasteiger charge is 2.36. The van der Waals surface area contributed by atoms with Crippen molar-refractivity contribution in [3.05, 3.63) is 36.5 Å². The molecule has 1 saturated heterocycles. The quantitative estimate of drug-likeness (QED) is 0.861. The lowest BCUT2D eigenvalue weighted by atomic mass is 10.1. The van der Waals surface area contributed by atoms with Crippen LogP contribution in [0.15, 0.2) is 36.5 Å². The van der Waals surface area contributed by atoms with E-state index in [0.29, 0.717) is 25.1 Å². The van der Waals surface area contributed by atoms with Crippen LogP contribution in [0.4, 0.5) is 16.2 Å². The third-order valence-electron chi connectivity index (χ3n) is 4.64. The second-order valence-corrected chi connectivity index (χ2v) is 8.06. The van der Waals surface area contributed by atoms with Gasteiger partial charge in [0, 0.05) is 30.5 Å². The Labute approximate surface area is 165 Å². The summed E-state index contributed by atoms with van der Waals surface area (Å²) in [5.74, 6) is -0.178. The summed E-state index contributed by atoms with van der Waals surface area (Å²) in [5, 5.41) is 2.86. The van der Waals surface area contributed by atoms with Crippen molar-refractivity contribution < 1.29 is 19.1 Å². The number of allylic oxidation sites excluding steroid dienone is 1. The fourth-order valence-electron chi connectivity index (χ4n) is 3.33. The summed E-state index contributed by atoms with van der Waals surface area (Å²) in [4.78, 5) is 40.1. The maximum Gasteiger partial charge on any atom is 0.410 e. The van der Waals surface area contributed by atoms with Gasteiger partial charge in [0.15, 0.2) is 0 Å². The van der Waals surface area contributed by atoms with E-state index in [-0.39, 0.29) is 11.8 Å². The Balaban J connectivity index is 1.64. The van der Waals surface area contributed by atoms with Gasteiger partial charge >= 0.3 is 6.09 Å². The normalized spacial score (nSPS) is 19.7. The fraction of sp³-hybridized carbons (Fsp3) is 0.476. The Morgan fingerprint density at radius 3 is 2.54 bits per heavy atom. The number of benzene rings is 1. The Morgan fingerprint density at radius 1 is 1.18 bits per heavy atom. The molecule has 2 aliphatic heterocycles. The summed E-state index contributed by atoms with van der Waals surface area (Å²) in [6.45, 7) is 5.93. The van der Waals surface area contributed by atoms with Crippen molar-refractivity contribution in [2.24, 2.45) is 0 Å². The molecule has 0 bridgehead atoms. The van der Waals surface area contributed by atoms with Crippen LogP contribution in [0.3, 0.4) is 0 Å². The van der Waals surface area contributed by atoms with E-state index in [9.17, 15) is 14.4 Å². The topological polar surface area (TPSA) is 79.0 Å². The zero-order valence-electron chi connectivity index (χ0n) is 16.6. The maximum absolute atomic E-state index is 12.7. The zero-order chi connectivity index (χ0) is 20.3. The van der Waals surface area contributed by atoms with Gasteiger partial charge < -0.3 is 10.1 Å². The summed E-state index contributed by atoms with van der Waals surface area (Å²) >= 11 is 0. The van der Waals surface area contributed by atoms with Crippen LogP contribution >= 0.6 is 0 Å². The molecule has 2 aliphatic rings. The second-order valence-electron chi connectivity index (χ2n) is 8.06. The van der Waals surface area contributed by atoms with Crippen molar-refractivity contribution in [2.75, 3.05) is 16.8 Å². The number of carbonyl (C=O) groups excluding carboxylic acids is 3. The molecule has 1 unspecified atom stereocenters. The van der Waals surface area contributed by atoms with Crippen LogP contribution in [0.5, 0.6) is 0 Å². The highest BCUT2D eigenvalue weighted by molar-refractivity contribution is 5.98. The lowest BCUT2D eigenvalue weighted by molar-refractivity contribution is -0.120. The second kappa shape index (κ2) is 8.04. The van der Waals surface area contributed by atoms with Crippen LogP contribution in [-0.2, 0) is 14.3 Å². The Bertz CT molecular complexity index is 780. The van der Waals surface area contributed by atoms with E-state index in [0.717, 1.165) is 18.5 Å². The molecular weight excluding hydrogens is 358 g/mol. The van der Waals surface area contributed by atoms with Crippen molar-refractivity contribution in [2.45, 2.75) is 58.1 Å². The van der Waals surface area contributed by atoms with E-state index < -0.39 is 17.7 Å². The Kier molecular flexibility index (Phi) is 5.72. The molecule has 1 aromatic rings. The monoisotopic (exact) mass is 385 g/mol. The molecule has 0 saturated carbocycles. The van der Waals surface area contributed by atoms with E-state index in [1.165, 1.54) is 4.90 Å². The average Bonchev–Trinajstić information content (AvgIpc) is 3.12. The molecule has 0 aliphatic carbocycles. The van der Waals surface area contributed by atoms with Gasteiger partial charge in [-0.2, -0.15) is 0 Å². The van der Waals surface area contributed by atoms with Crippen molar-refractivity contribution in [1.29, 1.82) is 0 Å². The third-order valence-corrected chi connectivity index (χ3v) is 4.64. The average molecular weight is 385 g/mol. The van der Waals surface area contributed by atoms with Gasteiger partial charge in [-0.05, 0) is 64.3 Å². The number of anilines is 2. The third kappa shape index (κ3) is 4.71. The molecule has 28 heavy (non-hydrogen) atoms. The van der Waals surface area contributed by atoms with E-state index in [2.05, 4.69) is 5.32 Å². The van der Waals surface area contributed by atoms with E-state index in [4.69, 9.17) is 4.74 Å². The molecule has 7 heteroatoms. The number of rotatable bonds is 3. The molecule has 3 amide bonds. The highest BCUT2D eigenvalue weighted by atomic mass is 16.6. The van der Waals surface area contributed by atoms with Crippen LogP contribution in [0, 0.1) is 0 Å². The smallest absolute Gasteiger partial charge is 0.410 e. The summed E-state index contributed by atoms with van der Waals surface area (Å²) in [5.41, 5.74) is 0.782. The van der Waals surface area contributed by atoms with Crippen LogP contribution in [0.1, 0.15) is 46.5 Å². The molecule has 7 nitrogen and oxygen atoms in total. The zero-order valence-corrected chi connectivity index (χ0v) is 16.6. The SMILES string of the molecule is CC(C)(C)OC(=O)N1CCCC1C(=O)Nc1ccc(N2C=CCCC2=O)cc1. The Hall–Kier alpha value is -2.83. The van der Waals surface area contributed by atoms with E-state index in [1.807, 2.05) is 6.08 Å². The van der Waals surface area contributed by atoms with Gasteiger partial charge in [-0.15, -0.1) is 0 Å². The highest BCUT2D eigenvalue weighted by Crippen LogP contribution is 2.24. The van der Waals surface area contributed by atoms with Gasteiger partial charge in [0.2, 0.25) is 11.8 Å². The summed E-state index contributed by atoms with van der Waals surface area (Å²) in [7, 11) is 0. The lowest BCUT2D eigenvalue weighted by Gasteiger charge is -2.28. The van der Waals surface area contributed by atoms with Gasteiger partial charge in [-0.1, -0.05) is 6.08 Å². The molecule has 3 rings (SSSR count). The number of carbonyl (C=O) groups is 3. The van der Waals surface area contributed by atoms with Crippen molar-refractivity contribution in [3.63, 3.8) is 0 Å². The van der Waals surface area contributed by atoms with E-state index >= 15 is 0 Å². The first-order chi connectivity index (χ1) is 13.2. The first-order valence-electron chi connectivity index (χ1n) is 9.64. The molecule has 1 atom stereocenters. The minimum Gasteiger partial charge on any atom is -0.444 e. The van der Waals surface area contributed by atoms with Crippen molar-refractivity contribution in [3.8, 4) is 0 Å². The molecule has 0 aromatic heterocycles. The van der Waals surface area contributed by atoms with Crippen LogP contribution < -0.4 is 10.2 Å². The van der Waals surface area contributed by atoms with Crippen LogP contribution in [0.25, 0.3) is 0 Å². The first-order valence-corrected chi connectivity index (χ1v) is 9.64. The predicted octanol–water partition coefficient (Wildman–Crippen LogP) is 3.67. The number of hydrogen-bond acceptors (Lipinski definition) is 4. The van der Waals surface area contributed by atoms with Crippen molar-refractivity contribution in [1.82, 2.24) is 4.90 Å². The number of likely N-dealkylation sites (tertiary alicyclic amines) is 1. The Morgan fingerprint density at radius 2 is 1.89 bits per heavy atom. The summed E-state index contributed by atoms with van der Waals surface area (Å²) in [6, 6.07) is 6.57. The standard InChI is InChI=1S/C21H27N3O4/c1-21(2,3)28-20(27)24-14-6-7-17(24)19(26)22-15-9-11-16(12-10-15)23-13-5-4-8-18(23)25/h5,9-13,17H,4,6-8,14H2,1-3H3,(H,22,26). The minimum atomic E-state index is -0.600. The van der Waals surface area contributed by atoms with Gasteiger partial charge in [-0.25, -0.2) is 4.79 Å². The van der Waals surface area contributed by atoms with Crippen LogP contribution in [-0.4, -0.2) is 41.0 Å². The lowest BCUT2D eigenvalue weighted by Crippen LogP contribution is -2.45. The molecule has 0 radical (unpaired) electrons. The van der Waals surface area contributed by atoms with Gasteiger partial charge in [0.05, 0.1) is 0 Å². The van der Waals surface area contributed by atoms with Gasteiger partial charge in [0.1, 0.15) is 11.6 Å². The molecule has 1 fully saturated rings. The summed E-state index contributed by atoms with van der Waals surface area (Å²) < 4.78 is 5.41. The summed E-state index contributed by atoms with van der Waals surface area (Å²) in [6.07, 6.45) is 5.90. The van der Waals surface area contributed by atoms with Gasteiger partial charge in [0.25, 0.3) is 0 Å². The number of nitrogens with one attached hydrogen (secondary N) is 1.